The van der Waals surface area contributed by atoms with Gasteiger partial charge in [0.05, 0.1) is 18.4 Å². The van der Waals surface area contributed by atoms with Gasteiger partial charge in [0.15, 0.2) is 0 Å². The molecular formula is C13H15F3N2O. The minimum Gasteiger partial charge on any atom is -0.497 e. The molecule has 0 atom stereocenters. The molecule has 6 heteroatoms. The van der Waals surface area contributed by atoms with E-state index in [1.54, 1.807) is 19.9 Å². The molecule has 1 rings (SSSR count). The van der Waals surface area contributed by atoms with E-state index in [2.05, 4.69) is 0 Å². The fraction of sp³-hybridized carbons (Fsp3) is 0.462. The Bertz CT molecular complexity index is 478. The number of anilines is 1. The first-order chi connectivity index (χ1) is 8.78. The Balaban J connectivity index is 3.25. The Kier molecular flexibility index (Phi) is 4.65. The van der Waals surface area contributed by atoms with Gasteiger partial charge in [-0.05, 0) is 26.0 Å². The van der Waals surface area contributed by atoms with Crippen LogP contribution in [-0.2, 0) is 0 Å². The molecule has 0 aromatic heterocycles. The van der Waals surface area contributed by atoms with Crippen LogP contribution < -0.4 is 9.64 Å². The molecule has 19 heavy (non-hydrogen) atoms. The zero-order chi connectivity index (χ0) is 14.6. The van der Waals surface area contributed by atoms with Gasteiger partial charge in [-0.1, -0.05) is 0 Å². The van der Waals surface area contributed by atoms with E-state index < -0.39 is 12.7 Å². The summed E-state index contributed by atoms with van der Waals surface area (Å²) < 4.78 is 42.8. The molecule has 0 N–H and O–H groups in total. The van der Waals surface area contributed by atoms with Crippen LogP contribution in [0.4, 0.5) is 18.9 Å². The van der Waals surface area contributed by atoms with Crippen molar-refractivity contribution in [3.05, 3.63) is 23.8 Å². The SMILES string of the molecule is COc1ccc(C#N)c(N(CC(F)(F)F)C(C)C)c1. The van der Waals surface area contributed by atoms with E-state index in [0.29, 0.717) is 5.75 Å². The van der Waals surface area contributed by atoms with Crippen molar-refractivity contribution >= 4 is 5.69 Å². The predicted octanol–water partition coefficient (Wildman–Crippen LogP) is 3.34. The van der Waals surface area contributed by atoms with E-state index in [0.717, 1.165) is 4.90 Å². The van der Waals surface area contributed by atoms with Crippen LogP contribution in [0.25, 0.3) is 0 Å². The Hall–Kier alpha value is -1.90. The number of alkyl halides is 3. The molecule has 0 aliphatic heterocycles. The first-order valence-corrected chi connectivity index (χ1v) is 5.70. The molecule has 104 valence electrons. The predicted molar refractivity (Wildman–Crippen MR) is 66.2 cm³/mol. The molecule has 0 aliphatic rings. The molecular weight excluding hydrogens is 257 g/mol. The van der Waals surface area contributed by atoms with Crippen LogP contribution in [0.5, 0.6) is 5.75 Å². The van der Waals surface area contributed by atoms with E-state index in [1.165, 1.54) is 19.2 Å². The molecule has 1 aromatic carbocycles. The van der Waals surface area contributed by atoms with Crippen molar-refractivity contribution in [1.29, 1.82) is 5.26 Å². The molecule has 0 bridgehead atoms. The third kappa shape index (κ3) is 4.05. The number of nitriles is 1. The lowest BCUT2D eigenvalue weighted by Crippen LogP contribution is -2.39. The van der Waals surface area contributed by atoms with Crippen LogP contribution in [-0.4, -0.2) is 25.9 Å². The highest BCUT2D eigenvalue weighted by Gasteiger charge is 2.33. The topological polar surface area (TPSA) is 36.3 Å². The summed E-state index contributed by atoms with van der Waals surface area (Å²) in [6, 6.07) is 5.97. The van der Waals surface area contributed by atoms with Gasteiger partial charge in [-0.3, -0.25) is 0 Å². The molecule has 0 radical (unpaired) electrons. The van der Waals surface area contributed by atoms with Crippen LogP contribution in [0.1, 0.15) is 19.4 Å². The highest BCUT2D eigenvalue weighted by Crippen LogP contribution is 2.30. The van der Waals surface area contributed by atoms with Gasteiger partial charge < -0.3 is 9.64 Å². The Morgan fingerprint density at radius 3 is 2.42 bits per heavy atom. The van der Waals surface area contributed by atoms with Gasteiger partial charge in [0.1, 0.15) is 18.4 Å². The fourth-order valence-corrected chi connectivity index (χ4v) is 1.71. The number of nitrogens with zero attached hydrogens (tertiary/aromatic N) is 2. The summed E-state index contributed by atoms with van der Waals surface area (Å²) in [6.07, 6.45) is -4.33. The summed E-state index contributed by atoms with van der Waals surface area (Å²) in [7, 11) is 1.43. The van der Waals surface area contributed by atoms with Crippen molar-refractivity contribution < 1.29 is 17.9 Å². The molecule has 0 heterocycles. The summed E-state index contributed by atoms with van der Waals surface area (Å²) in [5.41, 5.74) is 0.424. The number of ether oxygens (including phenoxy) is 1. The van der Waals surface area contributed by atoms with Crippen LogP contribution in [0.3, 0.4) is 0 Å². The van der Waals surface area contributed by atoms with Crippen LogP contribution in [0, 0.1) is 11.3 Å². The van der Waals surface area contributed by atoms with Crippen molar-refractivity contribution in [2.45, 2.75) is 26.1 Å². The van der Waals surface area contributed by atoms with Gasteiger partial charge >= 0.3 is 6.18 Å². The van der Waals surface area contributed by atoms with Gasteiger partial charge in [0, 0.05) is 12.1 Å². The Morgan fingerprint density at radius 1 is 1.37 bits per heavy atom. The number of halogens is 3. The molecule has 0 saturated carbocycles. The highest BCUT2D eigenvalue weighted by molar-refractivity contribution is 5.62. The van der Waals surface area contributed by atoms with Crippen molar-refractivity contribution in [2.75, 3.05) is 18.6 Å². The van der Waals surface area contributed by atoms with Crippen LogP contribution in [0.2, 0.25) is 0 Å². The normalized spacial score (nSPS) is 11.3. The first-order valence-electron chi connectivity index (χ1n) is 5.70. The molecule has 0 fully saturated rings. The quantitative estimate of drug-likeness (QED) is 0.843. The van der Waals surface area contributed by atoms with Crippen LogP contribution in [0.15, 0.2) is 18.2 Å². The number of hydrogen-bond donors (Lipinski definition) is 0. The van der Waals surface area contributed by atoms with E-state index in [1.807, 2.05) is 6.07 Å². The molecule has 0 saturated heterocycles. The highest BCUT2D eigenvalue weighted by atomic mass is 19.4. The standard InChI is InChI=1S/C13H15F3N2O/c1-9(2)18(8-13(14,15)16)12-6-11(19-3)5-4-10(12)7-17/h4-6,9H,8H2,1-3H3. The second-order valence-corrected chi connectivity index (χ2v) is 4.33. The first kappa shape index (κ1) is 15.2. The van der Waals surface area contributed by atoms with E-state index in [4.69, 9.17) is 10.00 Å². The molecule has 3 nitrogen and oxygen atoms in total. The second-order valence-electron chi connectivity index (χ2n) is 4.33. The molecule has 0 unspecified atom stereocenters. The lowest BCUT2D eigenvalue weighted by atomic mass is 10.1. The van der Waals surface area contributed by atoms with Gasteiger partial charge in [-0.25, -0.2) is 0 Å². The van der Waals surface area contributed by atoms with Crippen molar-refractivity contribution in [3.8, 4) is 11.8 Å². The zero-order valence-corrected chi connectivity index (χ0v) is 11.0. The number of benzene rings is 1. The third-order valence-electron chi connectivity index (χ3n) is 2.61. The van der Waals surface area contributed by atoms with Crippen molar-refractivity contribution in [1.82, 2.24) is 0 Å². The Labute approximate surface area is 110 Å². The zero-order valence-electron chi connectivity index (χ0n) is 11.0. The molecule has 1 aromatic rings. The maximum atomic E-state index is 12.6. The van der Waals surface area contributed by atoms with Gasteiger partial charge in [0.2, 0.25) is 0 Å². The largest absolute Gasteiger partial charge is 0.497 e. The maximum Gasteiger partial charge on any atom is 0.405 e. The summed E-state index contributed by atoms with van der Waals surface area (Å²) in [5, 5.41) is 9.01. The van der Waals surface area contributed by atoms with E-state index >= 15 is 0 Å². The van der Waals surface area contributed by atoms with Crippen molar-refractivity contribution in [2.24, 2.45) is 0 Å². The smallest absolute Gasteiger partial charge is 0.405 e. The van der Waals surface area contributed by atoms with Crippen LogP contribution >= 0.6 is 0 Å². The summed E-state index contributed by atoms with van der Waals surface area (Å²) in [4.78, 5) is 1.14. The Morgan fingerprint density at radius 2 is 2.00 bits per heavy atom. The number of hydrogen-bond acceptors (Lipinski definition) is 3. The fourth-order valence-electron chi connectivity index (χ4n) is 1.71. The monoisotopic (exact) mass is 272 g/mol. The van der Waals surface area contributed by atoms with E-state index in [9.17, 15) is 13.2 Å². The van der Waals surface area contributed by atoms with Gasteiger partial charge in [-0.15, -0.1) is 0 Å². The lowest BCUT2D eigenvalue weighted by molar-refractivity contribution is -0.120. The second kappa shape index (κ2) is 5.83. The minimum atomic E-state index is -4.33. The third-order valence-corrected chi connectivity index (χ3v) is 2.61. The molecule has 0 aliphatic carbocycles. The average Bonchev–Trinajstić information content (AvgIpc) is 2.33. The summed E-state index contributed by atoms with van der Waals surface area (Å²) in [5.74, 6) is 0.418. The molecule has 0 spiro atoms. The minimum absolute atomic E-state index is 0.193. The lowest BCUT2D eigenvalue weighted by Gasteiger charge is -2.30. The number of rotatable bonds is 4. The average molecular weight is 272 g/mol. The summed E-state index contributed by atoms with van der Waals surface area (Å²) in [6.45, 7) is 2.19. The van der Waals surface area contributed by atoms with E-state index in [-0.39, 0.29) is 17.3 Å². The maximum absolute atomic E-state index is 12.6. The number of methoxy groups -OCH3 is 1. The van der Waals surface area contributed by atoms with Gasteiger partial charge in [-0.2, -0.15) is 18.4 Å². The summed E-state index contributed by atoms with van der Waals surface area (Å²) >= 11 is 0. The van der Waals surface area contributed by atoms with Gasteiger partial charge in [0.25, 0.3) is 0 Å². The van der Waals surface area contributed by atoms with Crippen molar-refractivity contribution in [3.63, 3.8) is 0 Å². The molecule has 0 amide bonds.